The summed E-state index contributed by atoms with van der Waals surface area (Å²) >= 11 is 0. The first-order valence-electron chi connectivity index (χ1n) is 3.27. The highest BCUT2D eigenvalue weighted by Crippen LogP contribution is 2.18. The molecule has 2 heteroatoms. The molecule has 1 heterocycles. The van der Waals surface area contributed by atoms with E-state index >= 15 is 0 Å². The number of nitrogens with zero attached hydrogens (tertiary/aromatic N) is 2. The van der Waals surface area contributed by atoms with Crippen LogP contribution in [0.25, 0.3) is 0 Å². The van der Waals surface area contributed by atoms with Crippen LogP contribution in [0.3, 0.4) is 0 Å². The smallest absolute Gasteiger partial charge is 0.0551 e. The predicted molar refractivity (Wildman–Crippen MR) is 43.8 cm³/mol. The maximum Gasteiger partial charge on any atom is 0.0551 e. The zero-order valence-corrected chi connectivity index (χ0v) is 6.68. The van der Waals surface area contributed by atoms with Gasteiger partial charge in [-0.1, -0.05) is 6.58 Å². The highest BCUT2D eigenvalue weighted by atomic mass is 15.4. The Labute approximate surface area is 61.5 Å². The van der Waals surface area contributed by atoms with E-state index in [1.807, 2.05) is 20.2 Å². The van der Waals surface area contributed by atoms with E-state index in [0.29, 0.717) is 0 Å². The van der Waals surface area contributed by atoms with E-state index in [0.717, 1.165) is 5.70 Å². The van der Waals surface area contributed by atoms with Gasteiger partial charge < -0.3 is 0 Å². The molecule has 0 saturated heterocycles. The van der Waals surface area contributed by atoms with Crippen molar-refractivity contribution in [3.05, 3.63) is 23.4 Å². The van der Waals surface area contributed by atoms with Gasteiger partial charge in [-0.05, 0) is 25.0 Å². The molecule has 0 amide bonds. The zero-order valence-electron chi connectivity index (χ0n) is 6.68. The molecular weight excluding hydrogens is 124 g/mol. The predicted octanol–water partition coefficient (Wildman–Crippen LogP) is 1.77. The number of hydrazone groups is 1. The van der Waals surface area contributed by atoms with E-state index < -0.39 is 0 Å². The number of allylic oxidation sites excluding steroid dienone is 2. The Hall–Kier alpha value is -1.05. The maximum absolute atomic E-state index is 4.09. The topological polar surface area (TPSA) is 15.6 Å². The second-order valence-electron chi connectivity index (χ2n) is 2.52. The van der Waals surface area contributed by atoms with E-state index in [1.165, 1.54) is 11.1 Å². The van der Waals surface area contributed by atoms with E-state index in [9.17, 15) is 0 Å². The molecule has 0 aromatic rings. The summed E-state index contributed by atoms with van der Waals surface area (Å²) in [6.07, 6.45) is 1.85. The van der Waals surface area contributed by atoms with Crippen LogP contribution in [0.1, 0.15) is 13.8 Å². The van der Waals surface area contributed by atoms with Crippen molar-refractivity contribution in [2.45, 2.75) is 13.8 Å². The van der Waals surface area contributed by atoms with E-state index in [-0.39, 0.29) is 0 Å². The van der Waals surface area contributed by atoms with Crippen molar-refractivity contribution >= 4 is 6.21 Å². The molecular formula is C8H12N2. The van der Waals surface area contributed by atoms with Crippen LogP contribution in [0.15, 0.2) is 28.5 Å². The maximum atomic E-state index is 4.09. The van der Waals surface area contributed by atoms with Crippen molar-refractivity contribution in [3.8, 4) is 0 Å². The van der Waals surface area contributed by atoms with E-state index in [2.05, 4.69) is 18.6 Å². The Morgan fingerprint density at radius 1 is 1.50 bits per heavy atom. The van der Waals surface area contributed by atoms with Crippen molar-refractivity contribution in [2.75, 3.05) is 7.05 Å². The number of hydrogen-bond acceptors (Lipinski definition) is 2. The van der Waals surface area contributed by atoms with Crippen LogP contribution in [0.2, 0.25) is 0 Å². The molecule has 0 unspecified atom stereocenters. The highest BCUT2D eigenvalue weighted by Gasteiger charge is 2.08. The molecule has 0 saturated carbocycles. The van der Waals surface area contributed by atoms with Crippen LogP contribution >= 0.6 is 0 Å². The van der Waals surface area contributed by atoms with E-state index in [4.69, 9.17) is 0 Å². The van der Waals surface area contributed by atoms with Crippen LogP contribution in [0, 0.1) is 0 Å². The van der Waals surface area contributed by atoms with Crippen molar-refractivity contribution in [1.29, 1.82) is 0 Å². The molecule has 1 rings (SSSR count). The molecule has 0 atom stereocenters. The molecule has 10 heavy (non-hydrogen) atoms. The summed E-state index contributed by atoms with van der Waals surface area (Å²) in [5.74, 6) is 0. The molecule has 0 radical (unpaired) electrons. The third kappa shape index (κ3) is 0.967. The van der Waals surface area contributed by atoms with Gasteiger partial charge in [-0.25, -0.2) is 0 Å². The second kappa shape index (κ2) is 2.29. The van der Waals surface area contributed by atoms with Gasteiger partial charge in [0.15, 0.2) is 0 Å². The number of hydrogen-bond donors (Lipinski definition) is 0. The Kier molecular flexibility index (Phi) is 1.62. The molecule has 1 aliphatic heterocycles. The third-order valence-corrected chi connectivity index (χ3v) is 1.84. The lowest BCUT2D eigenvalue weighted by molar-refractivity contribution is 0.453. The summed E-state index contributed by atoms with van der Waals surface area (Å²) in [5.41, 5.74) is 3.40. The molecule has 2 nitrogen and oxygen atoms in total. The summed E-state index contributed by atoms with van der Waals surface area (Å²) in [6, 6.07) is 0. The lowest BCUT2D eigenvalue weighted by Gasteiger charge is -2.21. The number of rotatable bonds is 0. The minimum atomic E-state index is 0.986. The average molecular weight is 136 g/mol. The molecule has 1 aliphatic rings. The van der Waals surface area contributed by atoms with Gasteiger partial charge in [0.25, 0.3) is 0 Å². The summed E-state index contributed by atoms with van der Waals surface area (Å²) in [4.78, 5) is 0. The van der Waals surface area contributed by atoms with Crippen molar-refractivity contribution < 1.29 is 0 Å². The Bertz CT molecular complexity index is 223. The minimum absolute atomic E-state index is 0.986. The molecule has 0 aromatic heterocycles. The molecule has 0 fully saturated rings. The fourth-order valence-electron chi connectivity index (χ4n) is 0.810. The average Bonchev–Trinajstić information content (AvgIpc) is 1.93. The second-order valence-corrected chi connectivity index (χ2v) is 2.52. The lowest BCUT2D eigenvalue weighted by atomic mass is 10.1. The molecule has 54 valence electrons. The van der Waals surface area contributed by atoms with E-state index in [1.54, 1.807) is 5.01 Å². The van der Waals surface area contributed by atoms with Crippen LogP contribution in [-0.2, 0) is 0 Å². The lowest BCUT2D eigenvalue weighted by Crippen LogP contribution is -2.15. The Morgan fingerprint density at radius 3 is 2.60 bits per heavy atom. The first-order valence-corrected chi connectivity index (χ1v) is 3.27. The molecule has 0 N–H and O–H groups in total. The normalized spacial score (nSPS) is 18.7. The van der Waals surface area contributed by atoms with Crippen LogP contribution in [0.5, 0.6) is 0 Å². The van der Waals surface area contributed by atoms with Gasteiger partial charge in [-0.3, -0.25) is 5.01 Å². The van der Waals surface area contributed by atoms with Gasteiger partial charge in [0, 0.05) is 7.05 Å². The summed E-state index contributed by atoms with van der Waals surface area (Å²) in [7, 11) is 1.90. The molecule has 0 bridgehead atoms. The van der Waals surface area contributed by atoms with Crippen molar-refractivity contribution in [3.63, 3.8) is 0 Å². The van der Waals surface area contributed by atoms with Crippen molar-refractivity contribution in [1.82, 2.24) is 5.01 Å². The van der Waals surface area contributed by atoms with Gasteiger partial charge >= 0.3 is 0 Å². The Balaban J connectivity index is 3.00. The van der Waals surface area contributed by atoms with Crippen LogP contribution in [-0.4, -0.2) is 18.3 Å². The molecule has 0 spiro atoms. The molecule has 0 aliphatic carbocycles. The fraction of sp³-hybridized carbons (Fsp3) is 0.375. The first kappa shape index (κ1) is 7.06. The highest BCUT2D eigenvalue weighted by molar-refractivity contribution is 5.81. The van der Waals surface area contributed by atoms with Crippen LogP contribution in [0.4, 0.5) is 0 Å². The fourth-order valence-corrected chi connectivity index (χ4v) is 0.810. The standard InChI is InChI=1S/C8H12N2/c1-6-5-9-10(4)8(3)7(6)2/h5H,3H2,1-2,4H3. The largest absolute Gasteiger partial charge is 0.269 e. The number of likely N-dealkylation sites (N-methyl/N-ethyl adjacent to an activating group) is 1. The summed E-state index contributed by atoms with van der Waals surface area (Å²) in [5, 5.41) is 5.87. The zero-order chi connectivity index (χ0) is 7.72. The monoisotopic (exact) mass is 136 g/mol. The first-order chi connectivity index (χ1) is 4.63. The Morgan fingerprint density at radius 2 is 2.10 bits per heavy atom. The van der Waals surface area contributed by atoms with Gasteiger partial charge in [-0.2, -0.15) is 5.10 Å². The van der Waals surface area contributed by atoms with Gasteiger partial charge in [0.05, 0.1) is 11.9 Å². The van der Waals surface area contributed by atoms with Crippen molar-refractivity contribution in [2.24, 2.45) is 5.10 Å². The van der Waals surface area contributed by atoms with Gasteiger partial charge in [0.2, 0.25) is 0 Å². The van der Waals surface area contributed by atoms with Gasteiger partial charge in [0.1, 0.15) is 0 Å². The van der Waals surface area contributed by atoms with Crippen LogP contribution < -0.4 is 0 Å². The summed E-state index contributed by atoms with van der Waals surface area (Å²) < 4.78 is 0. The quantitative estimate of drug-likeness (QED) is 0.495. The SMILES string of the molecule is C=C1C(C)=C(C)C=NN1C. The molecule has 0 aromatic carbocycles. The minimum Gasteiger partial charge on any atom is -0.269 e. The summed E-state index contributed by atoms with van der Waals surface area (Å²) in [6.45, 7) is 7.97. The van der Waals surface area contributed by atoms with Gasteiger partial charge in [-0.15, -0.1) is 0 Å². The third-order valence-electron chi connectivity index (χ3n) is 1.84.